The first-order chi connectivity index (χ1) is 6.98. The minimum absolute atomic E-state index is 0.862. The van der Waals surface area contributed by atoms with E-state index in [4.69, 9.17) is 10.8 Å². The van der Waals surface area contributed by atoms with Gasteiger partial charge in [-0.05, 0) is 13.8 Å². The molecule has 0 aromatic heterocycles. The summed E-state index contributed by atoms with van der Waals surface area (Å²) in [5, 5.41) is 10.5. The van der Waals surface area contributed by atoms with Gasteiger partial charge in [-0.25, -0.2) is 0 Å². The Morgan fingerprint density at radius 2 is 1.81 bits per heavy atom. The fourth-order valence-electron chi connectivity index (χ4n) is 0.787. The van der Waals surface area contributed by atoms with Gasteiger partial charge in [0.25, 0.3) is 0 Å². The summed E-state index contributed by atoms with van der Waals surface area (Å²) in [6, 6.07) is 0. The molecule has 0 aromatic carbocycles. The van der Waals surface area contributed by atoms with Crippen LogP contribution in [-0.4, -0.2) is 35.2 Å². The summed E-state index contributed by atoms with van der Waals surface area (Å²) in [5.74, 6) is -5.43. The highest BCUT2D eigenvalue weighted by atomic mass is 19.4. The first kappa shape index (κ1) is 14.7. The molecule has 0 saturated carbocycles. The Labute approximate surface area is 89.8 Å². The van der Waals surface area contributed by atoms with Crippen LogP contribution < -0.4 is 11.1 Å². The molecule has 0 aromatic rings. The van der Waals surface area contributed by atoms with Crippen molar-refractivity contribution in [2.75, 3.05) is 6.54 Å². The molecule has 4 N–H and O–H groups in total. The van der Waals surface area contributed by atoms with Crippen molar-refractivity contribution >= 4 is 11.9 Å². The smallest absolute Gasteiger partial charge is 0.403 e. The molecule has 0 aliphatic rings. The van der Waals surface area contributed by atoms with Gasteiger partial charge in [-0.1, -0.05) is 0 Å². The predicted molar refractivity (Wildman–Crippen MR) is 48.5 cm³/mol. The molecule has 0 bridgehead atoms. The molecule has 0 spiro atoms. The van der Waals surface area contributed by atoms with Crippen LogP contribution in [0.4, 0.5) is 13.2 Å². The van der Waals surface area contributed by atoms with E-state index in [1.54, 1.807) is 0 Å². The Balaban J connectivity index is 4.58. The van der Waals surface area contributed by atoms with Gasteiger partial charge in [0, 0.05) is 6.54 Å². The van der Waals surface area contributed by atoms with Crippen LogP contribution in [0.3, 0.4) is 0 Å². The second-order valence-electron chi connectivity index (χ2n) is 3.80. The zero-order valence-corrected chi connectivity index (χ0v) is 8.76. The number of rotatable bonds is 5. The van der Waals surface area contributed by atoms with Gasteiger partial charge in [0.2, 0.25) is 5.91 Å². The van der Waals surface area contributed by atoms with Crippen LogP contribution in [-0.2, 0) is 9.59 Å². The van der Waals surface area contributed by atoms with E-state index in [0.717, 1.165) is 0 Å². The molecule has 0 aliphatic carbocycles. The average molecular weight is 242 g/mol. The molecule has 5 nitrogen and oxygen atoms in total. The highest BCUT2D eigenvalue weighted by molar-refractivity contribution is 5.83. The van der Waals surface area contributed by atoms with E-state index in [9.17, 15) is 22.8 Å². The number of carbonyl (C=O) groups excluding carboxylic acids is 1. The summed E-state index contributed by atoms with van der Waals surface area (Å²) in [6.45, 7) is 1.63. The zero-order valence-electron chi connectivity index (χ0n) is 8.76. The van der Waals surface area contributed by atoms with Gasteiger partial charge in [0.05, 0.1) is 5.54 Å². The summed E-state index contributed by atoms with van der Waals surface area (Å²) >= 11 is 0. The fraction of sp³-hybridized carbons (Fsp3) is 0.750. The molecule has 16 heavy (non-hydrogen) atoms. The zero-order chi connectivity index (χ0) is 13.1. The second kappa shape index (κ2) is 4.69. The molecule has 0 aliphatic heterocycles. The van der Waals surface area contributed by atoms with Crippen LogP contribution in [0, 0.1) is 5.92 Å². The lowest BCUT2D eigenvalue weighted by Crippen LogP contribution is -2.54. The number of hydrogen-bond acceptors (Lipinski definition) is 3. The first-order valence-corrected chi connectivity index (χ1v) is 4.33. The number of primary amides is 1. The minimum Gasteiger partial charge on any atom is -0.481 e. The van der Waals surface area contributed by atoms with Gasteiger partial charge in [-0.15, -0.1) is 0 Å². The normalized spacial score (nSPS) is 14.6. The lowest BCUT2D eigenvalue weighted by atomic mass is 10.0. The van der Waals surface area contributed by atoms with Crippen molar-refractivity contribution < 1.29 is 27.9 Å². The van der Waals surface area contributed by atoms with Crippen molar-refractivity contribution in [3.63, 3.8) is 0 Å². The maximum atomic E-state index is 12.2. The number of aliphatic carboxylic acids is 1. The predicted octanol–water partition coefficient (Wildman–Crippen LogP) is 0.103. The van der Waals surface area contributed by atoms with E-state index in [-0.39, 0.29) is 0 Å². The lowest BCUT2D eigenvalue weighted by molar-refractivity contribution is -0.193. The minimum atomic E-state index is -4.87. The third-order valence-corrected chi connectivity index (χ3v) is 2.06. The van der Waals surface area contributed by atoms with E-state index in [0.29, 0.717) is 0 Å². The summed E-state index contributed by atoms with van der Waals surface area (Å²) in [5.41, 5.74) is 3.52. The summed E-state index contributed by atoms with van der Waals surface area (Å²) in [6.07, 6.45) is -4.87. The van der Waals surface area contributed by atoms with Crippen LogP contribution in [0.1, 0.15) is 13.8 Å². The van der Waals surface area contributed by atoms with Gasteiger partial charge in [0.1, 0.15) is 0 Å². The maximum absolute atomic E-state index is 12.2. The standard InChI is InChI=1S/C8H13F3N2O3/c1-7(2,6(12)16)13-3-4(5(14)15)8(9,10)11/h4,13H,3H2,1-2H3,(H2,12,16)(H,14,15). The van der Waals surface area contributed by atoms with Crippen molar-refractivity contribution in [2.24, 2.45) is 11.7 Å². The average Bonchev–Trinajstić information content (AvgIpc) is 1.99. The Bertz CT molecular complexity index is 289. The highest BCUT2D eigenvalue weighted by Crippen LogP contribution is 2.26. The number of carboxylic acid groups (broad SMARTS) is 1. The molecular formula is C8H13F3N2O3. The first-order valence-electron chi connectivity index (χ1n) is 4.33. The molecule has 1 unspecified atom stereocenters. The van der Waals surface area contributed by atoms with Crippen molar-refractivity contribution in [2.45, 2.75) is 25.6 Å². The van der Waals surface area contributed by atoms with Gasteiger partial charge >= 0.3 is 12.1 Å². The van der Waals surface area contributed by atoms with Gasteiger partial charge in [0.15, 0.2) is 5.92 Å². The number of alkyl halides is 3. The van der Waals surface area contributed by atoms with Crippen molar-refractivity contribution in [3.05, 3.63) is 0 Å². The van der Waals surface area contributed by atoms with Gasteiger partial charge in [-0.3, -0.25) is 9.59 Å². The van der Waals surface area contributed by atoms with Crippen molar-refractivity contribution in [1.82, 2.24) is 5.32 Å². The van der Waals surface area contributed by atoms with Crippen LogP contribution >= 0.6 is 0 Å². The number of nitrogens with one attached hydrogen (secondary N) is 1. The van der Waals surface area contributed by atoms with E-state index in [1.165, 1.54) is 13.8 Å². The number of carbonyl (C=O) groups is 2. The van der Waals surface area contributed by atoms with E-state index in [1.807, 2.05) is 0 Å². The van der Waals surface area contributed by atoms with Gasteiger partial charge in [-0.2, -0.15) is 13.2 Å². The highest BCUT2D eigenvalue weighted by Gasteiger charge is 2.45. The molecule has 0 radical (unpaired) electrons. The van der Waals surface area contributed by atoms with Crippen LogP contribution in [0.2, 0.25) is 0 Å². The molecule has 1 amide bonds. The molecule has 0 heterocycles. The van der Waals surface area contributed by atoms with Crippen molar-refractivity contribution in [1.29, 1.82) is 0 Å². The number of hydrogen-bond donors (Lipinski definition) is 3. The quantitative estimate of drug-likeness (QED) is 0.637. The third-order valence-electron chi connectivity index (χ3n) is 2.06. The molecule has 94 valence electrons. The molecule has 8 heteroatoms. The van der Waals surface area contributed by atoms with E-state index >= 15 is 0 Å². The number of nitrogens with two attached hydrogens (primary N) is 1. The largest absolute Gasteiger partial charge is 0.481 e. The third kappa shape index (κ3) is 4.05. The summed E-state index contributed by atoms with van der Waals surface area (Å²) in [4.78, 5) is 21.1. The fourth-order valence-corrected chi connectivity index (χ4v) is 0.787. The van der Waals surface area contributed by atoms with Crippen molar-refractivity contribution in [3.8, 4) is 0 Å². The van der Waals surface area contributed by atoms with Crippen LogP contribution in [0.15, 0.2) is 0 Å². The summed E-state index contributed by atoms with van der Waals surface area (Å²) in [7, 11) is 0. The van der Waals surface area contributed by atoms with E-state index in [2.05, 4.69) is 5.32 Å². The molecule has 1 atom stereocenters. The molecule has 0 saturated heterocycles. The Hall–Kier alpha value is -1.31. The summed E-state index contributed by atoms with van der Waals surface area (Å²) < 4.78 is 36.6. The van der Waals surface area contributed by atoms with E-state index < -0.39 is 36.1 Å². The SMILES string of the molecule is CC(C)(NCC(C(=O)O)C(F)(F)F)C(N)=O. The van der Waals surface area contributed by atoms with Gasteiger partial charge < -0.3 is 16.2 Å². The maximum Gasteiger partial charge on any atom is 0.403 e. The number of amides is 1. The van der Waals surface area contributed by atoms with Crippen LogP contribution in [0.25, 0.3) is 0 Å². The lowest BCUT2D eigenvalue weighted by Gasteiger charge is -2.25. The topological polar surface area (TPSA) is 92.4 Å². The number of carboxylic acids is 1. The Morgan fingerprint density at radius 3 is 2.06 bits per heavy atom. The molecular weight excluding hydrogens is 229 g/mol. The monoisotopic (exact) mass is 242 g/mol. The number of halogens is 3. The molecule has 0 rings (SSSR count). The molecule has 0 fully saturated rings. The Morgan fingerprint density at radius 1 is 1.38 bits per heavy atom. The second-order valence-corrected chi connectivity index (χ2v) is 3.80. The van der Waals surface area contributed by atoms with Crippen LogP contribution in [0.5, 0.6) is 0 Å². The Kier molecular flexibility index (Phi) is 4.30.